The molecule has 23 heavy (non-hydrogen) atoms. The molecule has 1 aliphatic heterocycles. The van der Waals surface area contributed by atoms with Crippen LogP contribution in [0, 0.1) is 0 Å². The van der Waals surface area contributed by atoms with E-state index in [0.29, 0.717) is 26.2 Å². The van der Waals surface area contributed by atoms with E-state index >= 15 is 0 Å². The van der Waals surface area contributed by atoms with Crippen molar-refractivity contribution in [1.29, 1.82) is 0 Å². The summed E-state index contributed by atoms with van der Waals surface area (Å²) in [5.74, 6) is 0. The standard InChI is InChI=1S/C17H23ClN2O3/c18-14-4-2-13(3-5-14)17(6-1-7-17)12-19-16(22)20-8-9-23-15(10-20)11-21/h2-5,15,21H,1,6-12H2,(H,19,22)/t15-/m1/s1. The lowest BCUT2D eigenvalue weighted by atomic mass is 9.64. The largest absolute Gasteiger partial charge is 0.394 e. The predicted molar refractivity (Wildman–Crippen MR) is 88.8 cm³/mol. The zero-order valence-electron chi connectivity index (χ0n) is 13.1. The molecule has 1 aromatic carbocycles. The van der Waals surface area contributed by atoms with E-state index in [1.807, 2.05) is 12.1 Å². The molecule has 2 N–H and O–H groups in total. The van der Waals surface area contributed by atoms with Crippen molar-refractivity contribution in [2.75, 3.05) is 32.8 Å². The van der Waals surface area contributed by atoms with Crippen LogP contribution in [0.15, 0.2) is 24.3 Å². The molecule has 2 aliphatic rings. The second kappa shape index (κ2) is 7.07. The summed E-state index contributed by atoms with van der Waals surface area (Å²) >= 11 is 5.97. The van der Waals surface area contributed by atoms with Gasteiger partial charge in [-0.25, -0.2) is 4.79 Å². The number of ether oxygens (including phenoxy) is 1. The Hall–Kier alpha value is -1.30. The number of halogens is 1. The highest BCUT2D eigenvalue weighted by atomic mass is 35.5. The van der Waals surface area contributed by atoms with Crippen LogP contribution in [0.4, 0.5) is 4.79 Å². The van der Waals surface area contributed by atoms with E-state index in [0.717, 1.165) is 17.9 Å². The van der Waals surface area contributed by atoms with Gasteiger partial charge in [0.2, 0.25) is 0 Å². The van der Waals surface area contributed by atoms with Crippen LogP contribution < -0.4 is 5.32 Å². The van der Waals surface area contributed by atoms with Crippen molar-refractivity contribution >= 4 is 17.6 Å². The summed E-state index contributed by atoms with van der Waals surface area (Å²) in [6.45, 7) is 2.06. The fourth-order valence-corrected chi connectivity index (χ4v) is 3.47. The van der Waals surface area contributed by atoms with Crippen molar-refractivity contribution in [3.05, 3.63) is 34.9 Å². The molecule has 5 nitrogen and oxygen atoms in total. The van der Waals surface area contributed by atoms with Gasteiger partial charge in [0.1, 0.15) is 0 Å². The first kappa shape index (κ1) is 16.6. The van der Waals surface area contributed by atoms with Gasteiger partial charge in [-0.2, -0.15) is 0 Å². The molecule has 1 atom stereocenters. The first-order chi connectivity index (χ1) is 11.1. The number of rotatable bonds is 4. The third kappa shape index (κ3) is 3.62. The van der Waals surface area contributed by atoms with Crippen LogP contribution in [-0.4, -0.2) is 55.0 Å². The number of benzene rings is 1. The quantitative estimate of drug-likeness (QED) is 0.884. The highest BCUT2D eigenvalue weighted by molar-refractivity contribution is 6.30. The van der Waals surface area contributed by atoms with Crippen molar-refractivity contribution < 1.29 is 14.6 Å². The molecule has 2 fully saturated rings. The molecular formula is C17H23ClN2O3. The van der Waals surface area contributed by atoms with Gasteiger partial charge in [0, 0.05) is 23.5 Å². The minimum atomic E-state index is -0.275. The Balaban J connectivity index is 1.59. The summed E-state index contributed by atoms with van der Waals surface area (Å²) in [4.78, 5) is 14.1. The Bertz CT molecular complexity index is 545. The lowest BCUT2D eigenvalue weighted by molar-refractivity contribution is -0.0404. The van der Waals surface area contributed by atoms with Crippen LogP contribution in [-0.2, 0) is 10.2 Å². The average molecular weight is 339 g/mol. The van der Waals surface area contributed by atoms with Crippen LogP contribution >= 0.6 is 11.6 Å². The molecular weight excluding hydrogens is 316 g/mol. The first-order valence-corrected chi connectivity index (χ1v) is 8.52. The van der Waals surface area contributed by atoms with Gasteiger partial charge in [-0.3, -0.25) is 0 Å². The highest BCUT2D eigenvalue weighted by Crippen LogP contribution is 2.43. The molecule has 6 heteroatoms. The fraction of sp³-hybridized carbons (Fsp3) is 0.588. The first-order valence-electron chi connectivity index (χ1n) is 8.14. The van der Waals surface area contributed by atoms with E-state index in [1.165, 1.54) is 12.0 Å². The summed E-state index contributed by atoms with van der Waals surface area (Å²) in [5.41, 5.74) is 1.27. The number of aliphatic hydroxyl groups excluding tert-OH is 1. The molecule has 3 rings (SSSR count). The summed E-state index contributed by atoms with van der Waals surface area (Å²) < 4.78 is 5.38. The number of aliphatic hydroxyl groups is 1. The number of carbonyl (C=O) groups is 1. The smallest absolute Gasteiger partial charge is 0.317 e. The predicted octanol–water partition coefficient (Wildman–Crippen LogP) is 2.16. The van der Waals surface area contributed by atoms with Crippen LogP contribution in [0.1, 0.15) is 24.8 Å². The van der Waals surface area contributed by atoms with Crippen molar-refractivity contribution in [3.8, 4) is 0 Å². The summed E-state index contributed by atoms with van der Waals surface area (Å²) in [7, 11) is 0. The van der Waals surface area contributed by atoms with E-state index in [1.54, 1.807) is 4.90 Å². The molecule has 1 saturated carbocycles. The average Bonchev–Trinajstić information content (AvgIpc) is 2.55. The lowest BCUT2D eigenvalue weighted by Crippen LogP contribution is -2.53. The van der Waals surface area contributed by atoms with Crippen molar-refractivity contribution in [3.63, 3.8) is 0 Å². The van der Waals surface area contributed by atoms with Crippen LogP contribution in [0.2, 0.25) is 5.02 Å². The topological polar surface area (TPSA) is 61.8 Å². The maximum absolute atomic E-state index is 12.4. The molecule has 1 saturated heterocycles. The second-order valence-electron chi connectivity index (χ2n) is 6.42. The summed E-state index contributed by atoms with van der Waals surface area (Å²) in [5, 5.41) is 13.0. The zero-order valence-corrected chi connectivity index (χ0v) is 13.9. The van der Waals surface area contributed by atoms with Crippen molar-refractivity contribution in [2.24, 2.45) is 0 Å². The van der Waals surface area contributed by atoms with Gasteiger partial charge >= 0.3 is 6.03 Å². The van der Waals surface area contributed by atoms with Gasteiger partial charge in [-0.1, -0.05) is 30.2 Å². The van der Waals surface area contributed by atoms with Gasteiger partial charge in [0.05, 0.1) is 25.9 Å². The molecule has 1 heterocycles. The Kier molecular flexibility index (Phi) is 5.09. The molecule has 0 radical (unpaired) electrons. The molecule has 0 spiro atoms. The third-order valence-electron chi connectivity index (χ3n) is 4.97. The normalized spacial score (nSPS) is 23.2. The van der Waals surface area contributed by atoms with Gasteiger partial charge in [-0.05, 0) is 30.5 Å². The van der Waals surface area contributed by atoms with Crippen LogP contribution in [0.3, 0.4) is 0 Å². The number of carbonyl (C=O) groups excluding carboxylic acids is 1. The second-order valence-corrected chi connectivity index (χ2v) is 6.86. The molecule has 0 bridgehead atoms. The maximum Gasteiger partial charge on any atom is 0.317 e. The molecule has 126 valence electrons. The number of urea groups is 1. The minimum Gasteiger partial charge on any atom is -0.394 e. The Morgan fingerprint density at radius 1 is 1.39 bits per heavy atom. The Labute approximate surface area is 141 Å². The zero-order chi connectivity index (χ0) is 16.3. The SMILES string of the molecule is O=C(NCC1(c2ccc(Cl)cc2)CCC1)N1CCO[C@@H](CO)C1. The van der Waals surface area contributed by atoms with Crippen molar-refractivity contribution in [2.45, 2.75) is 30.8 Å². The molecule has 2 amide bonds. The number of nitrogens with one attached hydrogen (secondary N) is 1. The van der Waals surface area contributed by atoms with Crippen LogP contribution in [0.25, 0.3) is 0 Å². The lowest BCUT2D eigenvalue weighted by Gasteiger charge is -2.43. The molecule has 0 unspecified atom stereocenters. The Morgan fingerprint density at radius 3 is 2.74 bits per heavy atom. The van der Waals surface area contributed by atoms with E-state index in [9.17, 15) is 9.90 Å². The molecule has 1 aliphatic carbocycles. The molecule has 1 aromatic rings. The highest BCUT2D eigenvalue weighted by Gasteiger charge is 2.39. The van der Waals surface area contributed by atoms with E-state index < -0.39 is 0 Å². The van der Waals surface area contributed by atoms with Gasteiger partial charge < -0.3 is 20.1 Å². The van der Waals surface area contributed by atoms with Gasteiger partial charge in [0.25, 0.3) is 0 Å². The number of hydrogen-bond acceptors (Lipinski definition) is 3. The number of hydrogen-bond donors (Lipinski definition) is 2. The fourth-order valence-electron chi connectivity index (χ4n) is 3.35. The summed E-state index contributed by atoms with van der Waals surface area (Å²) in [6.07, 6.45) is 3.07. The summed E-state index contributed by atoms with van der Waals surface area (Å²) in [6, 6.07) is 7.86. The van der Waals surface area contributed by atoms with E-state index in [-0.39, 0.29) is 24.2 Å². The van der Waals surface area contributed by atoms with Crippen molar-refractivity contribution in [1.82, 2.24) is 10.2 Å². The maximum atomic E-state index is 12.4. The van der Waals surface area contributed by atoms with Gasteiger partial charge in [0.15, 0.2) is 0 Å². The monoisotopic (exact) mass is 338 g/mol. The molecule has 0 aromatic heterocycles. The van der Waals surface area contributed by atoms with Crippen LogP contribution in [0.5, 0.6) is 0 Å². The Morgan fingerprint density at radius 2 is 2.13 bits per heavy atom. The minimum absolute atomic E-state index is 0.0307. The van der Waals surface area contributed by atoms with E-state index in [4.69, 9.17) is 16.3 Å². The number of morpholine rings is 1. The van der Waals surface area contributed by atoms with Gasteiger partial charge in [-0.15, -0.1) is 0 Å². The van der Waals surface area contributed by atoms with E-state index in [2.05, 4.69) is 17.4 Å². The number of amides is 2. The number of nitrogens with zero attached hydrogens (tertiary/aromatic N) is 1. The third-order valence-corrected chi connectivity index (χ3v) is 5.23.